The molecule has 4 rings (SSSR count). The third-order valence-electron chi connectivity index (χ3n) is 4.57. The summed E-state index contributed by atoms with van der Waals surface area (Å²) in [6, 6.07) is 13.4. The smallest absolute Gasteiger partial charge is 0.475 e. The van der Waals surface area contributed by atoms with Crippen LogP contribution in [0.2, 0.25) is 5.02 Å². The van der Waals surface area contributed by atoms with Gasteiger partial charge in [-0.2, -0.15) is 26.3 Å². The highest BCUT2D eigenvalue weighted by Crippen LogP contribution is 2.23. The Morgan fingerprint density at radius 2 is 1.44 bits per heavy atom. The largest absolute Gasteiger partial charge is 0.490 e. The lowest BCUT2D eigenvalue weighted by molar-refractivity contribution is -0.193. The van der Waals surface area contributed by atoms with E-state index in [1.54, 1.807) is 12.4 Å². The highest BCUT2D eigenvalue weighted by atomic mass is 35.5. The van der Waals surface area contributed by atoms with Gasteiger partial charge in [-0.25, -0.2) is 19.6 Å². The van der Waals surface area contributed by atoms with Gasteiger partial charge in [0.05, 0.1) is 11.6 Å². The number of nitrogens with two attached hydrogens (primary N) is 1. The average molecular weight is 578 g/mol. The standard InChI is InChI=1S/C19H16ClN5.2C2HF3O2/c20-15-3-1-12(2-4-15)9-16(21)18-24-17-10-14(11-23-19(17)25-18)13-5-7-22-8-6-13;2*3-2(4,5)1(6)7/h1-8,10-11,16H,9,21H2,(H,23,24,25);2*(H,6,7)/t16-;;/m1../s1. The Balaban J connectivity index is 0.000000317. The van der Waals surface area contributed by atoms with Crippen molar-refractivity contribution < 1.29 is 46.1 Å². The molecule has 0 saturated heterocycles. The molecule has 0 radical (unpaired) electrons. The molecule has 3 aromatic heterocycles. The second kappa shape index (κ2) is 13.0. The van der Waals surface area contributed by atoms with Crippen LogP contribution in [-0.4, -0.2) is 54.4 Å². The molecule has 0 aliphatic carbocycles. The molecule has 9 nitrogen and oxygen atoms in total. The molecule has 4 aromatic rings. The molecule has 3 heterocycles. The maximum Gasteiger partial charge on any atom is 0.490 e. The number of aromatic amines is 1. The summed E-state index contributed by atoms with van der Waals surface area (Å²) in [7, 11) is 0. The number of imidazole rings is 1. The number of carbonyl (C=O) groups is 2. The summed E-state index contributed by atoms with van der Waals surface area (Å²) in [6.07, 6.45) is -4.15. The van der Waals surface area contributed by atoms with Gasteiger partial charge in [-0.1, -0.05) is 23.7 Å². The van der Waals surface area contributed by atoms with Gasteiger partial charge in [0.15, 0.2) is 5.65 Å². The third kappa shape index (κ3) is 9.86. The highest BCUT2D eigenvalue weighted by molar-refractivity contribution is 6.30. The van der Waals surface area contributed by atoms with Crippen LogP contribution < -0.4 is 5.73 Å². The summed E-state index contributed by atoms with van der Waals surface area (Å²) in [6.45, 7) is 0. The van der Waals surface area contributed by atoms with Crippen LogP contribution in [0.25, 0.3) is 22.3 Å². The molecule has 0 fully saturated rings. The molecular formula is C23H18ClF6N5O4. The van der Waals surface area contributed by atoms with Crippen molar-refractivity contribution in [1.82, 2.24) is 19.9 Å². The molecule has 0 aliphatic heterocycles. The highest BCUT2D eigenvalue weighted by Gasteiger charge is 2.38. The van der Waals surface area contributed by atoms with Crippen LogP contribution in [0.15, 0.2) is 61.1 Å². The number of carboxylic acid groups (broad SMARTS) is 2. The molecule has 1 aromatic carbocycles. The Bertz CT molecular complexity index is 1370. The monoisotopic (exact) mass is 577 g/mol. The van der Waals surface area contributed by atoms with Crippen molar-refractivity contribution >= 4 is 34.7 Å². The average Bonchev–Trinajstić information content (AvgIpc) is 3.29. The molecule has 0 bridgehead atoms. The number of H-pyrrole nitrogens is 1. The fraction of sp³-hybridized carbons (Fsp3) is 0.174. The second-order valence-corrected chi connectivity index (χ2v) is 7.93. The molecule has 0 saturated carbocycles. The lowest BCUT2D eigenvalue weighted by Gasteiger charge is -2.08. The van der Waals surface area contributed by atoms with Crippen LogP contribution in [0.5, 0.6) is 0 Å². The number of halogens is 7. The Morgan fingerprint density at radius 3 is 1.92 bits per heavy atom. The first-order valence-corrected chi connectivity index (χ1v) is 10.8. The molecule has 1 atom stereocenters. The molecule has 0 amide bonds. The van der Waals surface area contributed by atoms with Crippen LogP contribution in [0.4, 0.5) is 26.3 Å². The van der Waals surface area contributed by atoms with E-state index in [9.17, 15) is 26.3 Å². The minimum Gasteiger partial charge on any atom is -0.475 e. The van der Waals surface area contributed by atoms with E-state index in [1.807, 2.05) is 48.7 Å². The van der Waals surface area contributed by atoms with Gasteiger partial charge in [-0.15, -0.1) is 0 Å². The number of fused-ring (bicyclic) bond motifs is 1. The first kappa shape index (κ1) is 31.0. The lowest BCUT2D eigenvalue weighted by atomic mass is 10.1. The van der Waals surface area contributed by atoms with Gasteiger partial charge in [-0.3, -0.25) is 4.98 Å². The van der Waals surface area contributed by atoms with Gasteiger partial charge in [-0.05, 0) is 47.9 Å². The summed E-state index contributed by atoms with van der Waals surface area (Å²) in [4.78, 5) is 34.1. The number of rotatable bonds is 4. The summed E-state index contributed by atoms with van der Waals surface area (Å²) in [5.41, 5.74) is 11.0. The van der Waals surface area contributed by atoms with Gasteiger partial charge in [0.1, 0.15) is 5.82 Å². The Hall–Kier alpha value is -4.24. The van der Waals surface area contributed by atoms with Gasteiger partial charge in [0.2, 0.25) is 0 Å². The Morgan fingerprint density at radius 1 is 0.923 bits per heavy atom. The number of nitrogens with zero attached hydrogens (tertiary/aromatic N) is 3. The molecule has 208 valence electrons. The zero-order valence-corrected chi connectivity index (χ0v) is 20.1. The maximum atomic E-state index is 10.6. The van der Waals surface area contributed by atoms with Crippen molar-refractivity contribution in [3.8, 4) is 11.1 Å². The predicted molar refractivity (Wildman–Crippen MR) is 127 cm³/mol. The fourth-order valence-electron chi connectivity index (χ4n) is 2.77. The van der Waals surface area contributed by atoms with E-state index in [-0.39, 0.29) is 6.04 Å². The van der Waals surface area contributed by atoms with Gasteiger partial charge >= 0.3 is 24.3 Å². The number of alkyl halides is 6. The minimum absolute atomic E-state index is 0.236. The fourth-order valence-corrected chi connectivity index (χ4v) is 2.89. The Labute approximate surface area is 220 Å². The quantitative estimate of drug-likeness (QED) is 0.242. The number of aromatic nitrogens is 4. The molecule has 5 N–H and O–H groups in total. The number of hydrogen-bond donors (Lipinski definition) is 4. The predicted octanol–water partition coefficient (Wildman–Crippen LogP) is 5.18. The van der Waals surface area contributed by atoms with E-state index in [0.717, 1.165) is 28.0 Å². The van der Waals surface area contributed by atoms with E-state index in [0.29, 0.717) is 17.1 Å². The van der Waals surface area contributed by atoms with Crippen molar-refractivity contribution in [1.29, 1.82) is 0 Å². The molecule has 39 heavy (non-hydrogen) atoms. The van der Waals surface area contributed by atoms with Crippen LogP contribution in [-0.2, 0) is 16.0 Å². The third-order valence-corrected chi connectivity index (χ3v) is 4.83. The lowest BCUT2D eigenvalue weighted by Crippen LogP contribution is -2.21. The van der Waals surface area contributed by atoms with Crippen LogP contribution in [0.1, 0.15) is 17.4 Å². The summed E-state index contributed by atoms with van der Waals surface area (Å²) in [5.74, 6) is -4.79. The molecular weight excluding hydrogens is 560 g/mol. The second-order valence-electron chi connectivity index (χ2n) is 7.50. The van der Waals surface area contributed by atoms with Crippen molar-refractivity contribution in [2.75, 3.05) is 0 Å². The van der Waals surface area contributed by atoms with E-state index < -0.39 is 24.3 Å². The van der Waals surface area contributed by atoms with Crippen LogP contribution in [0.3, 0.4) is 0 Å². The number of hydrogen-bond acceptors (Lipinski definition) is 6. The number of aliphatic carboxylic acids is 2. The minimum atomic E-state index is -5.08. The molecule has 0 spiro atoms. The maximum absolute atomic E-state index is 10.6. The van der Waals surface area contributed by atoms with Gasteiger partial charge in [0.25, 0.3) is 0 Å². The first-order valence-electron chi connectivity index (χ1n) is 10.4. The van der Waals surface area contributed by atoms with Crippen molar-refractivity contribution in [3.63, 3.8) is 0 Å². The number of benzene rings is 1. The van der Waals surface area contributed by atoms with E-state index in [1.165, 1.54) is 0 Å². The van der Waals surface area contributed by atoms with E-state index in [2.05, 4.69) is 19.9 Å². The summed E-state index contributed by atoms with van der Waals surface area (Å²) < 4.78 is 63.5. The van der Waals surface area contributed by atoms with Gasteiger partial charge in [0, 0.05) is 29.2 Å². The first-order chi connectivity index (χ1) is 18.1. The topological polar surface area (TPSA) is 155 Å². The number of carboxylic acids is 2. The normalized spacial score (nSPS) is 12.0. The number of pyridine rings is 2. The molecule has 16 heteroatoms. The van der Waals surface area contributed by atoms with Crippen LogP contribution >= 0.6 is 11.6 Å². The SMILES string of the molecule is N[C@H](Cc1ccc(Cl)cc1)c1nc2ncc(-c3ccncc3)cc2[nH]1.O=C(O)C(F)(F)F.O=C(O)C(F)(F)F. The van der Waals surface area contributed by atoms with Crippen molar-refractivity contribution in [2.24, 2.45) is 5.73 Å². The van der Waals surface area contributed by atoms with Crippen molar-refractivity contribution in [3.05, 3.63) is 77.5 Å². The zero-order chi connectivity index (χ0) is 29.4. The number of nitrogens with one attached hydrogen (secondary N) is 1. The summed E-state index contributed by atoms with van der Waals surface area (Å²) >= 11 is 5.92. The van der Waals surface area contributed by atoms with E-state index >= 15 is 0 Å². The summed E-state index contributed by atoms with van der Waals surface area (Å²) in [5, 5.41) is 15.0. The van der Waals surface area contributed by atoms with Crippen LogP contribution in [0, 0.1) is 0 Å². The zero-order valence-electron chi connectivity index (χ0n) is 19.3. The van der Waals surface area contributed by atoms with E-state index in [4.69, 9.17) is 37.1 Å². The Kier molecular flexibility index (Phi) is 10.3. The molecule has 0 unspecified atom stereocenters. The molecule has 0 aliphatic rings. The van der Waals surface area contributed by atoms with Gasteiger partial charge < -0.3 is 20.9 Å². The van der Waals surface area contributed by atoms with Crippen molar-refractivity contribution in [2.45, 2.75) is 24.8 Å².